The summed E-state index contributed by atoms with van der Waals surface area (Å²) < 4.78 is 0. The first-order valence-corrected chi connectivity index (χ1v) is 7.87. The van der Waals surface area contributed by atoms with E-state index < -0.39 is 0 Å². The van der Waals surface area contributed by atoms with Gasteiger partial charge in [0.2, 0.25) is 0 Å². The van der Waals surface area contributed by atoms with Gasteiger partial charge in [0.15, 0.2) is 0 Å². The molecule has 1 aromatic carbocycles. The molecule has 0 radical (unpaired) electrons. The minimum Gasteiger partial charge on any atom is -0.378 e. The lowest BCUT2D eigenvalue weighted by Gasteiger charge is -2.20. The van der Waals surface area contributed by atoms with Crippen LogP contribution in [0.5, 0.6) is 0 Å². The Morgan fingerprint density at radius 2 is 2.26 bits per heavy atom. The molecule has 2 N–H and O–H groups in total. The molecular formula is C15H16N2OS. The topological polar surface area (TPSA) is 41.1 Å². The number of anilines is 1. The van der Waals surface area contributed by atoms with Crippen molar-refractivity contribution in [1.29, 1.82) is 0 Å². The molecule has 0 fully saturated rings. The lowest BCUT2D eigenvalue weighted by Crippen LogP contribution is -2.26. The fourth-order valence-corrected chi connectivity index (χ4v) is 4.40. The summed E-state index contributed by atoms with van der Waals surface area (Å²) in [5, 5.41) is 8.97. The third kappa shape index (κ3) is 1.70. The lowest BCUT2D eigenvalue weighted by molar-refractivity contribution is 0.0956. The van der Waals surface area contributed by atoms with Crippen molar-refractivity contribution in [3.63, 3.8) is 0 Å². The van der Waals surface area contributed by atoms with Crippen LogP contribution in [0.4, 0.5) is 5.69 Å². The Labute approximate surface area is 116 Å². The van der Waals surface area contributed by atoms with E-state index in [9.17, 15) is 4.79 Å². The van der Waals surface area contributed by atoms with E-state index in [0.29, 0.717) is 12.0 Å². The van der Waals surface area contributed by atoms with Crippen LogP contribution >= 0.6 is 11.8 Å². The molecule has 2 unspecified atom stereocenters. The molecule has 0 spiro atoms. The molecule has 3 heterocycles. The zero-order chi connectivity index (χ0) is 12.8. The number of hydrogen-bond donors (Lipinski definition) is 2. The third-order valence-corrected chi connectivity index (χ3v) is 5.23. The Kier molecular flexibility index (Phi) is 2.58. The molecule has 0 aromatic heterocycles. The molecule has 3 aliphatic rings. The summed E-state index contributed by atoms with van der Waals surface area (Å²) in [5.41, 5.74) is 4.76. The summed E-state index contributed by atoms with van der Waals surface area (Å²) in [4.78, 5) is 12.1. The van der Waals surface area contributed by atoms with Crippen LogP contribution in [0.15, 0.2) is 29.2 Å². The number of nitrogens with one attached hydrogen (secondary N) is 2. The minimum atomic E-state index is 0.0802. The highest BCUT2D eigenvalue weighted by Crippen LogP contribution is 2.45. The van der Waals surface area contributed by atoms with Gasteiger partial charge in [0.25, 0.3) is 5.91 Å². The summed E-state index contributed by atoms with van der Waals surface area (Å²) in [6.07, 6.45) is 2.19. The third-order valence-electron chi connectivity index (χ3n) is 4.32. The zero-order valence-corrected chi connectivity index (χ0v) is 11.4. The Morgan fingerprint density at radius 1 is 1.32 bits per heavy atom. The number of hydrogen-bond acceptors (Lipinski definition) is 3. The second-order valence-corrected chi connectivity index (χ2v) is 6.33. The fraction of sp³-hybridized carbons (Fsp3) is 0.400. The number of thioether (sulfide) groups is 1. The predicted molar refractivity (Wildman–Crippen MR) is 78.7 cm³/mol. The standard InChI is InChI=1S/C15H16N2OS/c18-15-11-2-1-3-12-13(11)10(4-6-16-15)14(17-12)9-5-7-19-8-9/h1-3,8,10,14,17H,4-7H2,(H,16,18). The van der Waals surface area contributed by atoms with E-state index >= 15 is 0 Å². The number of rotatable bonds is 1. The zero-order valence-electron chi connectivity index (χ0n) is 10.6. The van der Waals surface area contributed by atoms with Gasteiger partial charge in [-0.15, -0.1) is 11.8 Å². The van der Waals surface area contributed by atoms with E-state index in [1.165, 1.54) is 23.3 Å². The van der Waals surface area contributed by atoms with Gasteiger partial charge in [0.05, 0.1) is 6.04 Å². The number of amides is 1. The van der Waals surface area contributed by atoms with E-state index in [1.807, 2.05) is 23.9 Å². The molecule has 98 valence electrons. The second-order valence-electron chi connectivity index (χ2n) is 5.35. The quantitative estimate of drug-likeness (QED) is 0.826. The number of benzene rings is 1. The maximum atomic E-state index is 12.1. The Hall–Kier alpha value is -1.42. The van der Waals surface area contributed by atoms with Gasteiger partial charge >= 0.3 is 0 Å². The largest absolute Gasteiger partial charge is 0.378 e. The SMILES string of the molecule is O=C1NCCC2c3c(cccc31)NC2C1=CSCC1. The van der Waals surface area contributed by atoms with Crippen molar-refractivity contribution in [2.45, 2.75) is 24.8 Å². The Balaban J connectivity index is 1.81. The highest BCUT2D eigenvalue weighted by molar-refractivity contribution is 8.02. The van der Waals surface area contributed by atoms with Crippen LogP contribution in [0.25, 0.3) is 0 Å². The highest BCUT2D eigenvalue weighted by Gasteiger charge is 2.38. The molecule has 0 bridgehead atoms. The van der Waals surface area contributed by atoms with Crippen LogP contribution in [0.2, 0.25) is 0 Å². The van der Waals surface area contributed by atoms with Crippen LogP contribution < -0.4 is 10.6 Å². The summed E-state index contributed by atoms with van der Waals surface area (Å²) in [5.74, 6) is 1.72. The molecule has 4 heteroatoms. The van der Waals surface area contributed by atoms with E-state index in [0.717, 1.165) is 24.2 Å². The average molecular weight is 272 g/mol. The van der Waals surface area contributed by atoms with Crippen molar-refractivity contribution < 1.29 is 4.79 Å². The van der Waals surface area contributed by atoms with E-state index in [4.69, 9.17) is 0 Å². The van der Waals surface area contributed by atoms with Crippen LogP contribution in [0.1, 0.15) is 34.7 Å². The summed E-state index contributed by atoms with van der Waals surface area (Å²) in [6.45, 7) is 0.774. The second kappa shape index (κ2) is 4.30. The van der Waals surface area contributed by atoms with Gasteiger partial charge in [-0.3, -0.25) is 4.79 Å². The Morgan fingerprint density at radius 3 is 3.11 bits per heavy atom. The smallest absolute Gasteiger partial charge is 0.251 e. The van der Waals surface area contributed by atoms with Gasteiger partial charge in [-0.25, -0.2) is 0 Å². The molecule has 1 amide bonds. The maximum Gasteiger partial charge on any atom is 0.251 e. The van der Waals surface area contributed by atoms with Crippen LogP contribution in [-0.4, -0.2) is 24.2 Å². The lowest BCUT2D eigenvalue weighted by atomic mass is 9.86. The molecule has 4 rings (SSSR count). The van der Waals surface area contributed by atoms with Gasteiger partial charge in [-0.1, -0.05) is 6.07 Å². The Bertz CT molecular complexity index is 582. The van der Waals surface area contributed by atoms with Crippen molar-refractivity contribution in [3.05, 3.63) is 40.3 Å². The van der Waals surface area contributed by atoms with Crippen LogP contribution in [-0.2, 0) is 0 Å². The average Bonchev–Trinajstić information content (AvgIpc) is 3.01. The number of carbonyl (C=O) groups is 1. The van der Waals surface area contributed by atoms with Crippen molar-refractivity contribution >= 4 is 23.4 Å². The normalized spacial score (nSPS) is 28.2. The van der Waals surface area contributed by atoms with Gasteiger partial charge in [-0.05, 0) is 41.5 Å². The molecule has 1 aromatic rings. The monoisotopic (exact) mass is 272 g/mol. The first kappa shape index (κ1) is 11.4. The minimum absolute atomic E-state index is 0.0802. The molecule has 3 aliphatic heterocycles. The van der Waals surface area contributed by atoms with E-state index in [1.54, 1.807) is 0 Å². The summed E-state index contributed by atoms with van der Waals surface area (Å²) >= 11 is 1.90. The van der Waals surface area contributed by atoms with Crippen molar-refractivity contribution in [2.24, 2.45) is 0 Å². The van der Waals surface area contributed by atoms with Crippen LogP contribution in [0.3, 0.4) is 0 Å². The molecule has 0 aliphatic carbocycles. The van der Waals surface area contributed by atoms with Crippen LogP contribution in [0, 0.1) is 0 Å². The highest BCUT2D eigenvalue weighted by atomic mass is 32.2. The fourth-order valence-electron chi connectivity index (χ4n) is 3.45. The van der Waals surface area contributed by atoms with E-state index in [2.05, 4.69) is 22.1 Å². The van der Waals surface area contributed by atoms with Crippen molar-refractivity contribution in [3.8, 4) is 0 Å². The van der Waals surface area contributed by atoms with Crippen molar-refractivity contribution in [1.82, 2.24) is 5.32 Å². The molecule has 19 heavy (non-hydrogen) atoms. The van der Waals surface area contributed by atoms with Gasteiger partial charge in [-0.2, -0.15) is 0 Å². The molecule has 0 saturated heterocycles. The predicted octanol–water partition coefficient (Wildman–Crippen LogP) is 2.72. The first-order chi connectivity index (χ1) is 9.34. The summed E-state index contributed by atoms with van der Waals surface area (Å²) in [7, 11) is 0. The van der Waals surface area contributed by atoms with E-state index in [-0.39, 0.29) is 5.91 Å². The number of carbonyl (C=O) groups excluding carboxylic acids is 1. The summed E-state index contributed by atoms with van der Waals surface area (Å²) in [6, 6.07) is 6.42. The van der Waals surface area contributed by atoms with Gasteiger partial charge in [0, 0.05) is 29.5 Å². The molecular weight excluding hydrogens is 256 g/mol. The first-order valence-electron chi connectivity index (χ1n) is 6.83. The van der Waals surface area contributed by atoms with Gasteiger partial charge < -0.3 is 10.6 Å². The molecule has 0 saturated carbocycles. The maximum absolute atomic E-state index is 12.1. The van der Waals surface area contributed by atoms with Crippen molar-refractivity contribution in [2.75, 3.05) is 17.6 Å². The molecule has 3 nitrogen and oxygen atoms in total. The molecule has 2 atom stereocenters. The van der Waals surface area contributed by atoms with Gasteiger partial charge in [0.1, 0.15) is 0 Å².